The van der Waals surface area contributed by atoms with E-state index in [9.17, 15) is 14.9 Å². The number of carbonyl (C=O) groups is 1. The fourth-order valence-electron chi connectivity index (χ4n) is 3.36. The lowest BCUT2D eigenvalue weighted by atomic mass is 10.2. The van der Waals surface area contributed by atoms with Gasteiger partial charge in [-0.2, -0.15) is 0 Å². The molecular weight excluding hydrogens is 539 g/mol. The highest BCUT2D eigenvalue weighted by atomic mass is 127. The maximum Gasteiger partial charge on any atom is 0.269 e. The van der Waals surface area contributed by atoms with Crippen LogP contribution in [0.2, 0.25) is 0 Å². The first-order chi connectivity index (χ1) is 15.4. The molecule has 1 fully saturated rings. The van der Waals surface area contributed by atoms with Gasteiger partial charge in [0.25, 0.3) is 5.69 Å². The van der Waals surface area contributed by atoms with Gasteiger partial charge in [-0.25, -0.2) is 4.99 Å². The molecule has 0 spiro atoms. The molecule has 1 amide bonds. The summed E-state index contributed by atoms with van der Waals surface area (Å²) in [6.45, 7) is 12.0. The van der Waals surface area contributed by atoms with Crippen molar-refractivity contribution in [2.75, 3.05) is 52.5 Å². The standard InChI is InChI=1S/C22H36N6O4.HI/c1-4-32-15-5-10-23-22(24-16-19-6-8-20(9-7-19)28(30)31)27-13-11-26(12-14-27)17-21(29)25-18(2)3;/h6-9,18H,4-5,10-17H2,1-3H3,(H,23,24)(H,25,29);1H. The van der Waals surface area contributed by atoms with E-state index < -0.39 is 4.92 Å². The van der Waals surface area contributed by atoms with Crippen LogP contribution in [0.3, 0.4) is 0 Å². The molecule has 186 valence electrons. The predicted octanol–water partition coefficient (Wildman–Crippen LogP) is 2.23. The van der Waals surface area contributed by atoms with Gasteiger partial charge < -0.3 is 20.3 Å². The van der Waals surface area contributed by atoms with Crippen LogP contribution in [0.1, 0.15) is 32.8 Å². The number of amides is 1. The number of nitrogens with one attached hydrogen (secondary N) is 2. The Morgan fingerprint density at radius 2 is 1.88 bits per heavy atom. The fraction of sp³-hybridized carbons (Fsp3) is 0.636. The molecule has 33 heavy (non-hydrogen) atoms. The van der Waals surface area contributed by atoms with Crippen molar-refractivity contribution in [1.29, 1.82) is 0 Å². The van der Waals surface area contributed by atoms with Gasteiger partial charge in [0.05, 0.1) is 18.0 Å². The first-order valence-electron chi connectivity index (χ1n) is 11.2. The van der Waals surface area contributed by atoms with E-state index in [-0.39, 0.29) is 41.6 Å². The van der Waals surface area contributed by atoms with Crippen LogP contribution in [-0.4, -0.2) is 85.1 Å². The number of aliphatic imine (C=N–C) groups is 1. The first-order valence-corrected chi connectivity index (χ1v) is 11.2. The highest BCUT2D eigenvalue weighted by Gasteiger charge is 2.21. The minimum absolute atomic E-state index is 0. The molecule has 2 rings (SSSR count). The van der Waals surface area contributed by atoms with Crippen molar-refractivity contribution >= 4 is 41.5 Å². The second-order valence-electron chi connectivity index (χ2n) is 8.03. The van der Waals surface area contributed by atoms with Crippen LogP contribution in [0.4, 0.5) is 5.69 Å². The Bertz CT molecular complexity index is 752. The lowest BCUT2D eigenvalue weighted by molar-refractivity contribution is -0.384. The van der Waals surface area contributed by atoms with Gasteiger partial charge in [0.1, 0.15) is 0 Å². The maximum atomic E-state index is 12.0. The second kappa shape index (κ2) is 15.8. The molecule has 2 N–H and O–H groups in total. The van der Waals surface area contributed by atoms with Crippen LogP contribution in [0, 0.1) is 10.1 Å². The van der Waals surface area contributed by atoms with Gasteiger partial charge >= 0.3 is 0 Å². The molecule has 0 radical (unpaired) electrons. The summed E-state index contributed by atoms with van der Waals surface area (Å²) in [5.74, 6) is 0.862. The predicted molar refractivity (Wildman–Crippen MR) is 140 cm³/mol. The Balaban J connectivity index is 0.00000544. The van der Waals surface area contributed by atoms with E-state index in [1.807, 2.05) is 20.8 Å². The minimum Gasteiger partial charge on any atom is -0.382 e. The molecule has 1 aromatic rings. The van der Waals surface area contributed by atoms with Crippen molar-refractivity contribution in [2.24, 2.45) is 4.99 Å². The smallest absolute Gasteiger partial charge is 0.269 e. The van der Waals surface area contributed by atoms with Crippen LogP contribution >= 0.6 is 24.0 Å². The number of nitrogens with zero attached hydrogens (tertiary/aromatic N) is 4. The number of rotatable bonds is 11. The zero-order chi connectivity index (χ0) is 23.3. The van der Waals surface area contributed by atoms with Gasteiger partial charge in [0, 0.05) is 64.1 Å². The molecule has 0 aliphatic carbocycles. The van der Waals surface area contributed by atoms with Crippen LogP contribution in [-0.2, 0) is 16.1 Å². The molecule has 0 unspecified atom stereocenters. The van der Waals surface area contributed by atoms with E-state index in [0.29, 0.717) is 26.3 Å². The van der Waals surface area contributed by atoms with Crippen LogP contribution < -0.4 is 10.6 Å². The van der Waals surface area contributed by atoms with Crippen LogP contribution in [0.15, 0.2) is 29.3 Å². The Morgan fingerprint density at radius 1 is 1.21 bits per heavy atom. The summed E-state index contributed by atoms with van der Waals surface area (Å²) in [6.07, 6.45) is 0.875. The molecule has 1 aliphatic rings. The molecular formula is C22H37IN6O4. The monoisotopic (exact) mass is 576 g/mol. The van der Waals surface area contributed by atoms with E-state index in [2.05, 4.69) is 20.4 Å². The number of hydrogen-bond acceptors (Lipinski definition) is 6. The number of piperazine rings is 1. The fourth-order valence-corrected chi connectivity index (χ4v) is 3.36. The number of guanidine groups is 1. The van der Waals surface area contributed by atoms with Gasteiger partial charge in [-0.3, -0.25) is 19.8 Å². The Hall–Kier alpha value is -1.99. The zero-order valence-electron chi connectivity index (χ0n) is 19.8. The van der Waals surface area contributed by atoms with Crippen LogP contribution in [0.25, 0.3) is 0 Å². The SMILES string of the molecule is CCOCCCNC(=NCc1ccc([N+](=O)[O-])cc1)N1CCN(CC(=O)NC(C)C)CC1.I. The Labute approximate surface area is 213 Å². The highest BCUT2D eigenvalue weighted by molar-refractivity contribution is 14.0. The quantitative estimate of drug-likeness (QED) is 0.104. The number of halogens is 1. The van der Waals surface area contributed by atoms with Crippen molar-refractivity contribution in [1.82, 2.24) is 20.4 Å². The Kier molecular flexibility index (Phi) is 13.9. The largest absolute Gasteiger partial charge is 0.382 e. The van der Waals surface area contributed by atoms with E-state index in [4.69, 9.17) is 9.73 Å². The summed E-state index contributed by atoms with van der Waals surface area (Å²) in [6, 6.07) is 6.61. The molecule has 0 aromatic heterocycles. The number of hydrogen-bond donors (Lipinski definition) is 2. The third kappa shape index (κ3) is 11.1. The number of non-ortho nitro benzene ring substituents is 1. The third-order valence-electron chi connectivity index (χ3n) is 5.00. The zero-order valence-corrected chi connectivity index (χ0v) is 22.1. The van der Waals surface area contributed by atoms with E-state index in [1.54, 1.807) is 12.1 Å². The summed E-state index contributed by atoms with van der Waals surface area (Å²) in [5, 5.41) is 17.2. The molecule has 0 atom stereocenters. The van der Waals surface area contributed by atoms with Crippen molar-refractivity contribution in [3.05, 3.63) is 39.9 Å². The summed E-state index contributed by atoms with van der Waals surface area (Å²) in [7, 11) is 0. The molecule has 1 saturated heterocycles. The van der Waals surface area contributed by atoms with E-state index in [0.717, 1.165) is 50.7 Å². The number of carbonyl (C=O) groups excluding carboxylic acids is 1. The van der Waals surface area contributed by atoms with Crippen LogP contribution in [0.5, 0.6) is 0 Å². The second-order valence-corrected chi connectivity index (χ2v) is 8.03. The molecule has 0 bridgehead atoms. The molecule has 1 heterocycles. The number of ether oxygens (including phenoxy) is 1. The van der Waals surface area contributed by atoms with Gasteiger partial charge in [-0.05, 0) is 32.8 Å². The number of nitro groups is 1. The third-order valence-corrected chi connectivity index (χ3v) is 5.00. The first kappa shape index (κ1) is 29.0. The summed E-state index contributed by atoms with van der Waals surface area (Å²) in [4.78, 5) is 31.6. The topological polar surface area (TPSA) is 112 Å². The number of nitro benzene ring substituents is 1. The van der Waals surface area contributed by atoms with Crippen molar-refractivity contribution in [3.8, 4) is 0 Å². The summed E-state index contributed by atoms with van der Waals surface area (Å²) >= 11 is 0. The molecule has 0 saturated carbocycles. The molecule has 1 aromatic carbocycles. The van der Waals surface area contributed by atoms with Crippen molar-refractivity contribution in [3.63, 3.8) is 0 Å². The average molecular weight is 576 g/mol. The summed E-state index contributed by atoms with van der Waals surface area (Å²) < 4.78 is 5.41. The van der Waals surface area contributed by atoms with E-state index >= 15 is 0 Å². The van der Waals surface area contributed by atoms with Gasteiger partial charge in [-0.15, -0.1) is 24.0 Å². The van der Waals surface area contributed by atoms with Crippen molar-refractivity contribution in [2.45, 2.75) is 39.8 Å². The highest BCUT2D eigenvalue weighted by Crippen LogP contribution is 2.13. The average Bonchev–Trinajstić information content (AvgIpc) is 2.76. The van der Waals surface area contributed by atoms with Gasteiger partial charge in [-0.1, -0.05) is 12.1 Å². The lowest BCUT2D eigenvalue weighted by Crippen LogP contribution is -2.54. The molecule has 10 nitrogen and oxygen atoms in total. The maximum absolute atomic E-state index is 12.0. The van der Waals surface area contributed by atoms with E-state index in [1.165, 1.54) is 12.1 Å². The number of benzene rings is 1. The Morgan fingerprint density at radius 3 is 2.45 bits per heavy atom. The minimum atomic E-state index is -0.403. The summed E-state index contributed by atoms with van der Waals surface area (Å²) in [5.41, 5.74) is 0.984. The van der Waals surface area contributed by atoms with Gasteiger partial charge in [0.2, 0.25) is 5.91 Å². The molecule has 1 aliphatic heterocycles. The lowest BCUT2D eigenvalue weighted by Gasteiger charge is -2.36. The van der Waals surface area contributed by atoms with Gasteiger partial charge in [0.15, 0.2) is 5.96 Å². The normalized spacial score (nSPS) is 14.7. The molecule has 11 heteroatoms. The van der Waals surface area contributed by atoms with Crippen molar-refractivity contribution < 1.29 is 14.5 Å².